The molecular formula is C22H14ClNO2. The summed E-state index contributed by atoms with van der Waals surface area (Å²) < 4.78 is 5.38. The number of rotatable bonds is 3. The summed E-state index contributed by atoms with van der Waals surface area (Å²) in [4.78, 5) is 16.5. The van der Waals surface area contributed by atoms with Gasteiger partial charge in [-0.1, -0.05) is 78.3 Å². The Bertz CT molecular complexity index is 1080. The highest BCUT2D eigenvalue weighted by Crippen LogP contribution is 2.25. The first-order valence-corrected chi connectivity index (χ1v) is 8.51. The maximum atomic E-state index is 12.2. The van der Waals surface area contributed by atoms with E-state index in [0.717, 1.165) is 21.9 Å². The SMILES string of the molecule is O=C1OC(c2cccc3ccccc23)=N/C1=C/C(Cl)=C/c1ccccc1. The van der Waals surface area contributed by atoms with Crippen molar-refractivity contribution >= 4 is 40.3 Å². The zero-order valence-electron chi connectivity index (χ0n) is 13.7. The van der Waals surface area contributed by atoms with Crippen molar-refractivity contribution in [2.24, 2.45) is 4.99 Å². The van der Waals surface area contributed by atoms with Crippen molar-refractivity contribution in [3.63, 3.8) is 0 Å². The van der Waals surface area contributed by atoms with Crippen LogP contribution >= 0.6 is 11.6 Å². The van der Waals surface area contributed by atoms with Gasteiger partial charge in [0, 0.05) is 10.6 Å². The van der Waals surface area contributed by atoms with Gasteiger partial charge in [-0.05, 0) is 34.6 Å². The van der Waals surface area contributed by atoms with E-state index in [1.54, 1.807) is 6.08 Å². The van der Waals surface area contributed by atoms with Crippen LogP contribution in [0.5, 0.6) is 0 Å². The monoisotopic (exact) mass is 359 g/mol. The normalized spacial score (nSPS) is 16.0. The topological polar surface area (TPSA) is 38.7 Å². The molecule has 0 atom stereocenters. The van der Waals surface area contributed by atoms with Gasteiger partial charge in [-0.2, -0.15) is 0 Å². The largest absolute Gasteiger partial charge is 0.402 e. The number of hydrogen-bond acceptors (Lipinski definition) is 3. The predicted molar refractivity (Wildman–Crippen MR) is 105 cm³/mol. The van der Waals surface area contributed by atoms with Crippen LogP contribution in [0.25, 0.3) is 16.8 Å². The van der Waals surface area contributed by atoms with Gasteiger partial charge in [0.15, 0.2) is 5.70 Å². The number of fused-ring (bicyclic) bond motifs is 1. The summed E-state index contributed by atoms with van der Waals surface area (Å²) in [6.45, 7) is 0. The number of carbonyl (C=O) groups is 1. The van der Waals surface area contributed by atoms with E-state index in [-0.39, 0.29) is 5.70 Å². The molecule has 0 fully saturated rings. The molecule has 4 rings (SSSR count). The quantitative estimate of drug-likeness (QED) is 0.469. The Morgan fingerprint density at radius 1 is 0.923 bits per heavy atom. The molecule has 26 heavy (non-hydrogen) atoms. The molecule has 1 aliphatic heterocycles. The van der Waals surface area contributed by atoms with Crippen molar-refractivity contribution in [2.75, 3.05) is 0 Å². The molecule has 3 aromatic rings. The van der Waals surface area contributed by atoms with Gasteiger partial charge < -0.3 is 4.74 Å². The first-order valence-electron chi connectivity index (χ1n) is 8.14. The number of aliphatic imine (C=N–C) groups is 1. The van der Waals surface area contributed by atoms with Crippen molar-refractivity contribution < 1.29 is 9.53 Å². The molecular weight excluding hydrogens is 346 g/mol. The van der Waals surface area contributed by atoms with Crippen LogP contribution in [-0.4, -0.2) is 11.9 Å². The Morgan fingerprint density at radius 3 is 2.50 bits per heavy atom. The molecule has 0 radical (unpaired) electrons. The summed E-state index contributed by atoms with van der Waals surface area (Å²) >= 11 is 6.26. The third kappa shape index (κ3) is 3.30. The highest BCUT2D eigenvalue weighted by molar-refractivity contribution is 6.33. The molecule has 0 aliphatic carbocycles. The first-order chi connectivity index (χ1) is 12.7. The molecule has 0 aromatic heterocycles. The second-order valence-electron chi connectivity index (χ2n) is 5.80. The predicted octanol–water partition coefficient (Wildman–Crippen LogP) is 5.31. The van der Waals surface area contributed by atoms with Crippen molar-refractivity contribution in [3.05, 3.63) is 101 Å². The summed E-state index contributed by atoms with van der Waals surface area (Å²) in [5.41, 5.74) is 1.91. The van der Waals surface area contributed by atoms with E-state index in [2.05, 4.69) is 4.99 Å². The van der Waals surface area contributed by atoms with E-state index in [0.29, 0.717) is 10.9 Å². The number of allylic oxidation sites excluding steroid dienone is 2. The van der Waals surface area contributed by atoms with E-state index in [9.17, 15) is 4.79 Å². The van der Waals surface area contributed by atoms with Crippen LogP contribution in [0.3, 0.4) is 0 Å². The maximum absolute atomic E-state index is 12.2. The molecule has 3 aromatic carbocycles. The fourth-order valence-electron chi connectivity index (χ4n) is 2.82. The zero-order chi connectivity index (χ0) is 17.9. The molecule has 0 bridgehead atoms. The molecule has 0 saturated heterocycles. The maximum Gasteiger partial charge on any atom is 0.363 e. The molecule has 0 amide bonds. The number of carbonyl (C=O) groups excluding carboxylic acids is 1. The average molecular weight is 360 g/mol. The molecule has 0 saturated carbocycles. The number of esters is 1. The van der Waals surface area contributed by atoms with E-state index in [1.165, 1.54) is 6.08 Å². The summed E-state index contributed by atoms with van der Waals surface area (Å²) in [5.74, 6) is -0.213. The zero-order valence-corrected chi connectivity index (χ0v) is 14.5. The number of benzene rings is 3. The van der Waals surface area contributed by atoms with Gasteiger partial charge in [0.1, 0.15) is 0 Å². The van der Waals surface area contributed by atoms with Crippen LogP contribution in [0.15, 0.2) is 94.6 Å². The summed E-state index contributed by atoms with van der Waals surface area (Å²) in [6.07, 6.45) is 3.29. The third-order valence-corrected chi connectivity index (χ3v) is 4.24. The fourth-order valence-corrected chi connectivity index (χ4v) is 3.05. The third-order valence-electron chi connectivity index (χ3n) is 4.02. The van der Waals surface area contributed by atoms with Crippen molar-refractivity contribution in [3.8, 4) is 0 Å². The van der Waals surface area contributed by atoms with E-state index in [1.807, 2.05) is 72.8 Å². The Morgan fingerprint density at radius 2 is 1.65 bits per heavy atom. The number of hydrogen-bond donors (Lipinski definition) is 0. The minimum Gasteiger partial charge on any atom is -0.402 e. The van der Waals surface area contributed by atoms with E-state index in [4.69, 9.17) is 16.3 Å². The van der Waals surface area contributed by atoms with E-state index >= 15 is 0 Å². The summed E-state index contributed by atoms with van der Waals surface area (Å²) in [6, 6.07) is 23.3. The highest BCUT2D eigenvalue weighted by atomic mass is 35.5. The van der Waals surface area contributed by atoms with Crippen molar-refractivity contribution in [1.82, 2.24) is 0 Å². The van der Waals surface area contributed by atoms with Gasteiger partial charge in [-0.3, -0.25) is 0 Å². The van der Waals surface area contributed by atoms with Crippen LogP contribution in [-0.2, 0) is 9.53 Å². The Balaban J connectivity index is 1.70. The molecule has 3 nitrogen and oxygen atoms in total. The molecule has 126 valence electrons. The molecule has 0 unspecified atom stereocenters. The van der Waals surface area contributed by atoms with Crippen molar-refractivity contribution in [1.29, 1.82) is 0 Å². The van der Waals surface area contributed by atoms with Gasteiger partial charge in [0.05, 0.1) is 0 Å². The second-order valence-corrected chi connectivity index (χ2v) is 6.24. The Kier molecular flexibility index (Phi) is 4.38. The van der Waals surface area contributed by atoms with Gasteiger partial charge in [0.25, 0.3) is 0 Å². The number of ether oxygens (including phenoxy) is 1. The number of nitrogens with zero attached hydrogens (tertiary/aromatic N) is 1. The lowest BCUT2D eigenvalue weighted by Crippen LogP contribution is -2.05. The van der Waals surface area contributed by atoms with E-state index < -0.39 is 5.97 Å². The van der Waals surface area contributed by atoms with Crippen LogP contribution in [0.4, 0.5) is 0 Å². The van der Waals surface area contributed by atoms with Crippen LogP contribution in [0.1, 0.15) is 11.1 Å². The summed E-state index contributed by atoms with van der Waals surface area (Å²) in [5, 5.41) is 2.45. The number of halogens is 1. The molecule has 0 spiro atoms. The van der Waals surface area contributed by atoms with Crippen LogP contribution < -0.4 is 0 Å². The molecule has 1 heterocycles. The van der Waals surface area contributed by atoms with Crippen LogP contribution in [0.2, 0.25) is 0 Å². The molecule has 4 heteroatoms. The Hall–Kier alpha value is -3.17. The standard InChI is InChI=1S/C22H14ClNO2/c23-17(13-15-7-2-1-3-8-15)14-20-22(25)26-21(24-20)19-12-6-10-16-9-4-5-11-18(16)19/h1-14H/b17-13-,20-14+. The Labute approximate surface area is 155 Å². The highest BCUT2D eigenvalue weighted by Gasteiger charge is 2.25. The first kappa shape index (κ1) is 16.3. The smallest absolute Gasteiger partial charge is 0.363 e. The minimum atomic E-state index is -0.507. The molecule has 0 N–H and O–H groups in total. The average Bonchev–Trinajstić information content (AvgIpc) is 3.02. The second kappa shape index (κ2) is 6.98. The van der Waals surface area contributed by atoms with Crippen LogP contribution in [0, 0.1) is 0 Å². The van der Waals surface area contributed by atoms with Gasteiger partial charge in [-0.25, -0.2) is 9.79 Å². The lowest BCUT2D eigenvalue weighted by Gasteiger charge is -2.04. The number of cyclic esters (lactones) is 1. The molecule has 1 aliphatic rings. The minimum absolute atomic E-state index is 0.185. The van der Waals surface area contributed by atoms with Gasteiger partial charge in [-0.15, -0.1) is 0 Å². The van der Waals surface area contributed by atoms with Gasteiger partial charge in [0.2, 0.25) is 5.90 Å². The lowest BCUT2D eigenvalue weighted by molar-refractivity contribution is -0.130. The van der Waals surface area contributed by atoms with Gasteiger partial charge >= 0.3 is 5.97 Å². The fraction of sp³-hybridized carbons (Fsp3) is 0. The lowest BCUT2D eigenvalue weighted by atomic mass is 10.0. The van der Waals surface area contributed by atoms with Crippen molar-refractivity contribution in [2.45, 2.75) is 0 Å². The summed E-state index contributed by atoms with van der Waals surface area (Å²) in [7, 11) is 0.